The number of carbonyl (C=O) groups is 2. The van der Waals surface area contributed by atoms with E-state index in [1.54, 1.807) is 7.11 Å². The summed E-state index contributed by atoms with van der Waals surface area (Å²) in [5, 5.41) is 19.0. The van der Waals surface area contributed by atoms with Gasteiger partial charge in [0.1, 0.15) is 5.75 Å². The number of carboxylic acids is 2. The number of nitrogens with one attached hydrogen (secondary N) is 1. The Labute approximate surface area is 144 Å². The highest BCUT2D eigenvalue weighted by molar-refractivity contribution is 6.31. The van der Waals surface area contributed by atoms with Gasteiger partial charge in [-0.25, -0.2) is 9.59 Å². The van der Waals surface area contributed by atoms with Gasteiger partial charge in [-0.05, 0) is 29.3 Å². The molecule has 2 aromatic carbocycles. The van der Waals surface area contributed by atoms with Gasteiger partial charge in [-0.3, -0.25) is 0 Å². The number of ether oxygens (including phenoxy) is 1. The lowest BCUT2D eigenvalue weighted by Gasteiger charge is -2.07. The van der Waals surface area contributed by atoms with Gasteiger partial charge in [-0.15, -0.1) is 0 Å². The van der Waals surface area contributed by atoms with E-state index in [0.29, 0.717) is 0 Å². The molecule has 0 amide bonds. The summed E-state index contributed by atoms with van der Waals surface area (Å²) in [5.74, 6) is -2.77. The number of hydrogen-bond donors (Lipinski definition) is 3. The van der Waals surface area contributed by atoms with Crippen molar-refractivity contribution in [3.63, 3.8) is 0 Å². The maximum Gasteiger partial charge on any atom is 0.414 e. The van der Waals surface area contributed by atoms with Crippen molar-refractivity contribution in [2.75, 3.05) is 7.11 Å². The van der Waals surface area contributed by atoms with Gasteiger partial charge >= 0.3 is 11.9 Å². The fourth-order valence-electron chi connectivity index (χ4n) is 1.73. The van der Waals surface area contributed by atoms with Crippen molar-refractivity contribution >= 4 is 23.5 Å². The predicted molar refractivity (Wildman–Crippen MR) is 90.3 cm³/mol. The van der Waals surface area contributed by atoms with Crippen LogP contribution < -0.4 is 10.1 Å². The number of carboxylic acid groups (broad SMARTS) is 2. The molecule has 6 nitrogen and oxygen atoms in total. The lowest BCUT2D eigenvalue weighted by molar-refractivity contribution is -0.159. The van der Waals surface area contributed by atoms with Gasteiger partial charge in [-0.1, -0.05) is 41.9 Å². The molecule has 0 saturated carbocycles. The third kappa shape index (κ3) is 7.13. The SMILES string of the molecule is COc1ccc(CNCc2ccccc2Cl)cc1.O=C(O)C(=O)O. The van der Waals surface area contributed by atoms with E-state index in [-0.39, 0.29) is 0 Å². The molecule has 0 saturated heterocycles. The summed E-state index contributed by atoms with van der Waals surface area (Å²) in [5.41, 5.74) is 2.34. The second-order valence-electron chi connectivity index (χ2n) is 4.65. The molecule has 0 aliphatic heterocycles. The van der Waals surface area contributed by atoms with Crippen LogP contribution in [0.15, 0.2) is 48.5 Å². The van der Waals surface area contributed by atoms with E-state index >= 15 is 0 Å². The van der Waals surface area contributed by atoms with Crippen LogP contribution in [0.4, 0.5) is 0 Å². The van der Waals surface area contributed by atoms with Crippen LogP contribution in [0.3, 0.4) is 0 Å². The molecule has 0 aliphatic rings. The molecule has 0 fully saturated rings. The Morgan fingerprint density at radius 1 is 1.00 bits per heavy atom. The van der Waals surface area contributed by atoms with Gasteiger partial charge in [0, 0.05) is 18.1 Å². The Bertz CT molecular complexity index is 661. The van der Waals surface area contributed by atoms with Crippen molar-refractivity contribution in [2.45, 2.75) is 13.1 Å². The third-order valence-corrected chi connectivity index (χ3v) is 3.31. The number of aliphatic carboxylic acids is 2. The summed E-state index contributed by atoms with van der Waals surface area (Å²) in [6.07, 6.45) is 0. The van der Waals surface area contributed by atoms with Crippen LogP contribution in [0.1, 0.15) is 11.1 Å². The van der Waals surface area contributed by atoms with Crippen LogP contribution in [-0.4, -0.2) is 29.3 Å². The van der Waals surface area contributed by atoms with Crippen LogP contribution in [0.25, 0.3) is 0 Å². The maximum atomic E-state index is 9.10. The topological polar surface area (TPSA) is 95.9 Å². The molecular weight excluding hydrogens is 334 g/mol. The molecule has 0 spiro atoms. The second-order valence-corrected chi connectivity index (χ2v) is 5.06. The third-order valence-electron chi connectivity index (χ3n) is 2.94. The first-order valence-electron chi connectivity index (χ1n) is 6.97. The van der Waals surface area contributed by atoms with Crippen molar-refractivity contribution in [1.29, 1.82) is 0 Å². The monoisotopic (exact) mass is 351 g/mol. The summed E-state index contributed by atoms with van der Waals surface area (Å²) in [6.45, 7) is 1.58. The zero-order valence-electron chi connectivity index (χ0n) is 13.0. The average Bonchev–Trinajstić information content (AvgIpc) is 2.57. The molecule has 3 N–H and O–H groups in total. The predicted octanol–water partition coefficient (Wildman–Crippen LogP) is 2.79. The molecule has 128 valence electrons. The average molecular weight is 352 g/mol. The number of rotatable bonds is 5. The molecule has 0 radical (unpaired) electrons. The van der Waals surface area contributed by atoms with Crippen molar-refractivity contribution in [3.8, 4) is 5.75 Å². The van der Waals surface area contributed by atoms with E-state index in [1.807, 2.05) is 36.4 Å². The first-order valence-corrected chi connectivity index (χ1v) is 7.35. The highest BCUT2D eigenvalue weighted by atomic mass is 35.5. The first-order chi connectivity index (χ1) is 11.4. The van der Waals surface area contributed by atoms with Gasteiger partial charge < -0.3 is 20.3 Å². The summed E-state index contributed by atoms with van der Waals surface area (Å²) in [6, 6.07) is 15.9. The van der Waals surface area contributed by atoms with Crippen LogP contribution in [0.2, 0.25) is 5.02 Å². The molecule has 24 heavy (non-hydrogen) atoms. The van der Waals surface area contributed by atoms with Crippen LogP contribution in [0, 0.1) is 0 Å². The first kappa shape index (κ1) is 19.5. The van der Waals surface area contributed by atoms with E-state index < -0.39 is 11.9 Å². The minimum atomic E-state index is -1.82. The summed E-state index contributed by atoms with van der Waals surface area (Å²) >= 11 is 6.09. The standard InChI is InChI=1S/C15H16ClNO.C2H2O4/c1-18-14-8-6-12(7-9-14)10-17-11-13-4-2-3-5-15(13)16;3-1(4)2(5)6/h2-9,17H,10-11H2,1H3;(H,3,4)(H,5,6). The highest BCUT2D eigenvalue weighted by Crippen LogP contribution is 2.15. The van der Waals surface area contributed by atoms with Crippen molar-refractivity contribution < 1.29 is 24.5 Å². The minimum Gasteiger partial charge on any atom is -0.497 e. The molecule has 0 heterocycles. The normalized spacial score (nSPS) is 9.58. The van der Waals surface area contributed by atoms with E-state index in [9.17, 15) is 0 Å². The Morgan fingerprint density at radius 3 is 2.08 bits per heavy atom. The van der Waals surface area contributed by atoms with E-state index in [4.69, 9.17) is 36.1 Å². The highest BCUT2D eigenvalue weighted by Gasteiger charge is 2.04. The lowest BCUT2D eigenvalue weighted by Crippen LogP contribution is -2.12. The van der Waals surface area contributed by atoms with Gasteiger partial charge in [-0.2, -0.15) is 0 Å². The molecule has 7 heteroatoms. The summed E-state index contributed by atoms with van der Waals surface area (Å²) < 4.78 is 5.12. The van der Waals surface area contributed by atoms with Crippen LogP contribution in [0.5, 0.6) is 5.75 Å². The largest absolute Gasteiger partial charge is 0.497 e. The molecule has 0 bridgehead atoms. The number of hydrogen-bond acceptors (Lipinski definition) is 4. The molecule has 0 unspecified atom stereocenters. The molecule has 0 aromatic heterocycles. The second kappa shape index (κ2) is 10.3. The van der Waals surface area contributed by atoms with Crippen molar-refractivity contribution in [3.05, 3.63) is 64.7 Å². The van der Waals surface area contributed by atoms with Crippen molar-refractivity contribution in [2.24, 2.45) is 0 Å². The smallest absolute Gasteiger partial charge is 0.414 e. The van der Waals surface area contributed by atoms with E-state index in [2.05, 4.69) is 17.4 Å². The zero-order chi connectivity index (χ0) is 17.9. The zero-order valence-corrected chi connectivity index (χ0v) is 13.8. The van der Waals surface area contributed by atoms with Crippen molar-refractivity contribution in [1.82, 2.24) is 5.32 Å². The molecular formula is C17H18ClNO5. The Hall–Kier alpha value is -2.57. The fourth-order valence-corrected chi connectivity index (χ4v) is 1.93. The lowest BCUT2D eigenvalue weighted by atomic mass is 10.2. The Morgan fingerprint density at radius 2 is 1.58 bits per heavy atom. The fraction of sp³-hybridized carbons (Fsp3) is 0.176. The summed E-state index contributed by atoms with van der Waals surface area (Å²) in [4.78, 5) is 18.2. The van der Waals surface area contributed by atoms with E-state index in [1.165, 1.54) is 5.56 Å². The van der Waals surface area contributed by atoms with Crippen LogP contribution in [-0.2, 0) is 22.7 Å². The van der Waals surface area contributed by atoms with E-state index in [0.717, 1.165) is 29.4 Å². The van der Waals surface area contributed by atoms with Gasteiger partial charge in [0.15, 0.2) is 0 Å². The molecule has 2 rings (SSSR count). The molecule has 2 aromatic rings. The molecule has 0 aliphatic carbocycles. The summed E-state index contributed by atoms with van der Waals surface area (Å²) in [7, 11) is 1.67. The number of halogens is 1. The minimum absolute atomic E-state index is 0.770. The Balaban J connectivity index is 0.000000413. The van der Waals surface area contributed by atoms with Gasteiger partial charge in [0.2, 0.25) is 0 Å². The maximum absolute atomic E-state index is 9.10. The number of benzene rings is 2. The molecule has 0 atom stereocenters. The quantitative estimate of drug-likeness (QED) is 0.717. The van der Waals surface area contributed by atoms with Gasteiger partial charge in [0.25, 0.3) is 0 Å². The van der Waals surface area contributed by atoms with Gasteiger partial charge in [0.05, 0.1) is 7.11 Å². The van der Waals surface area contributed by atoms with Crippen LogP contribution >= 0.6 is 11.6 Å². The Kier molecular flexibility index (Phi) is 8.32. The number of methoxy groups -OCH3 is 1.